The third kappa shape index (κ3) is 5.05. The van der Waals surface area contributed by atoms with E-state index in [4.69, 9.17) is 14.2 Å². The van der Waals surface area contributed by atoms with E-state index in [0.29, 0.717) is 33.5 Å². The molecule has 0 saturated heterocycles. The number of aromatic nitrogens is 2. The van der Waals surface area contributed by atoms with Crippen LogP contribution < -0.4 is 15.0 Å². The number of fused-ring (bicyclic) bond motifs is 1. The van der Waals surface area contributed by atoms with Gasteiger partial charge in [-0.2, -0.15) is 9.78 Å². The molecule has 3 aromatic carbocycles. The molecule has 0 fully saturated rings. The number of carbonyl (C=O) groups is 2. The van der Waals surface area contributed by atoms with E-state index in [-0.39, 0.29) is 24.3 Å². The van der Waals surface area contributed by atoms with Crippen molar-refractivity contribution in [3.05, 3.63) is 94.4 Å². The number of hydrogen-bond donors (Lipinski definition) is 0. The van der Waals surface area contributed by atoms with Crippen molar-refractivity contribution >= 4 is 22.6 Å². The molecule has 0 spiro atoms. The summed E-state index contributed by atoms with van der Waals surface area (Å²) in [6.45, 7) is -0.280. The number of amides is 1. The smallest absolute Gasteiger partial charge is 0.325 e. The Morgan fingerprint density at radius 1 is 0.861 bits per heavy atom. The molecule has 0 N–H and O–H groups in total. The first kappa shape index (κ1) is 24.5. The maximum absolute atomic E-state index is 13.9. The highest BCUT2D eigenvalue weighted by atomic mass is 16.5. The van der Waals surface area contributed by atoms with Gasteiger partial charge >= 0.3 is 5.97 Å². The van der Waals surface area contributed by atoms with Crippen LogP contribution in [0.1, 0.15) is 16.1 Å². The molecule has 0 unspecified atom stereocenters. The van der Waals surface area contributed by atoms with Crippen LogP contribution >= 0.6 is 0 Å². The van der Waals surface area contributed by atoms with Crippen LogP contribution in [0.15, 0.2) is 77.6 Å². The first-order valence-corrected chi connectivity index (χ1v) is 11.1. The molecule has 4 rings (SSSR count). The molecular weight excluding hydrogens is 462 g/mol. The van der Waals surface area contributed by atoms with Gasteiger partial charge in [0, 0.05) is 18.0 Å². The molecule has 0 aliphatic rings. The molecule has 1 amide bonds. The molecule has 0 aliphatic carbocycles. The second-order valence-electron chi connectivity index (χ2n) is 7.90. The number of para-hydroxylation sites is 1. The van der Waals surface area contributed by atoms with Crippen LogP contribution in [-0.4, -0.2) is 54.4 Å². The fourth-order valence-electron chi connectivity index (χ4n) is 3.84. The SMILES string of the molecule is COC(=O)CN(Cc1cc(OC)cc(OC)c1)C(=O)c1nn(-c2ccccc2)c(=O)c2ccccc12. The summed E-state index contributed by atoms with van der Waals surface area (Å²) in [6, 6.07) is 20.8. The maximum atomic E-state index is 13.9. The van der Waals surface area contributed by atoms with E-state index >= 15 is 0 Å². The summed E-state index contributed by atoms with van der Waals surface area (Å²) in [4.78, 5) is 40.7. The Kier molecular flexibility index (Phi) is 7.29. The zero-order chi connectivity index (χ0) is 25.7. The minimum absolute atomic E-state index is 0.0350. The minimum atomic E-state index is -0.598. The van der Waals surface area contributed by atoms with Crippen LogP contribution in [0.5, 0.6) is 11.5 Å². The number of hydrogen-bond acceptors (Lipinski definition) is 7. The number of rotatable bonds is 8. The van der Waals surface area contributed by atoms with Crippen molar-refractivity contribution in [3.8, 4) is 17.2 Å². The first-order chi connectivity index (χ1) is 17.4. The van der Waals surface area contributed by atoms with Gasteiger partial charge in [0.2, 0.25) is 0 Å². The Labute approximate surface area is 207 Å². The van der Waals surface area contributed by atoms with E-state index in [0.717, 1.165) is 0 Å². The Morgan fingerprint density at radius 2 is 1.47 bits per heavy atom. The summed E-state index contributed by atoms with van der Waals surface area (Å²) in [7, 11) is 4.31. The van der Waals surface area contributed by atoms with E-state index in [9.17, 15) is 14.4 Å². The summed E-state index contributed by atoms with van der Waals surface area (Å²) < 4.78 is 16.7. The predicted molar refractivity (Wildman–Crippen MR) is 134 cm³/mol. The largest absolute Gasteiger partial charge is 0.497 e. The third-order valence-electron chi connectivity index (χ3n) is 5.63. The van der Waals surface area contributed by atoms with Crippen LogP contribution in [-0.2, 0) is 16.1 Å². The average Bonchev–Trinajstić information content (AvgIpc) is 2.92. The zero-order valence-corrected chi connectivity index (χ0v) is 20.1. The van der Waals surface area contributed by atoms with Gasteiger partial charge in [0.1, 0.15) is 18.0 Å². The molecular formula is C27H25N3O6. The summed E-state index contributed by atoms with van der Waals surface area (Å²) in [6.07, 6.45) is 0. The number of esters is 1. The molecule has 0 saturated carbocycles. The normalized spacial score (nSPS) is 10.6. The molecule has 1 heterocycles. The maximum Gasteiger partial charge on any atom is 0.325 e. The molecule has 4 aromatic rings. The summed E-state index contributed by atoms with van der Waals surface area (Å²) in [5, 5.41) is 5.17. The molecule has 184 valence electrons. The van der Waals surface area contributed by atoms with E-state index in [1.807, 2.05) is 6.07 Å². The first-order valence-electron chi connectivity index (χ1n) is 11.1. The molecule has 36 heavy (non-hydrogen) atoms. The van der Waals surface area contributed by atoms with Crippen molar-refractivity contribution in [2.75, 3.05) is 27.9 Å². The van der Waals surface area contributed by atoms with Gasteiger partial charge in [-0.3, -0.25) is 14.4 Å². The lowest BCUT2D eigenvalue weighted by Crippen LogP contribution is -2.37. The fourth-order valence-corrected chi connectivity index (χ4v) is 3.84. The number of carbonyl (C=O) groups excluding carboxylic acids is 2. The van der Waals surface area contributed by atoms with E-state index in [1.54, 1.807) is 66.7 Å². The van der Waals surface area contributed by atoms with Crippen LogP contribution in [0.3, 0.4) is 0 Å². The summed E-state index contributed by atoms with van der Waals surface area (Å²) >= 11 is 0. The minimum Gasteiger partial charge on any atom is -0.497 e. The molecule has 1 aromatic heterocycles. The van der Waals surface area contributed by atoms with Gasteiger partial charge in [0.05, 0.1) is 32.4 Å². The molecule has 9 heteroatoms. The molecule has 0 aliphatic heterocycles. The van der Waals surface area contributed by atoms with Crippen LogP contribution in [0.4, 0.5) is 0 Å². The predicted octanol–water partition coefficient (Wildman–Crippen LogP) is 3.22. The molecule has 0 atom stereocenters. The standard InChI is InChI=1S/C27H25N3O6/c1-34-20-13-18(14-21(15-20)35-2)16-29(17-24(31)36-3)27(33)25-22-11-7-8-12-23(22)26(32)30(28-25)19-9-5-4-6-10-19/h4-15H,16-17H2,1-3H3. The summed E-state index contributed by atoms with van der Waals surface area (Å²) in [5.41, 5.74) is 0.863. The highest BCUT2D eigenvalue weighted by molar-refractivity contribution is 6.05. The quantitative estimate of drug-likeness (QED) is 0.352. The van der Waals surface area contributed by atoms with Crippen LogP contribution in [0.2, 0.25) is 0 Å². The van der Waals surface area contributed by atoms with E-state index in [1.165, 1.54) is 30.9 Å². The van der Waals surface area contributed by atoms with Gasteiger partial charge in [-0.1, -0.05) is 36.4 Å². The lowest BCUT2D eigenvalue weighted by molar-refractivity contribution is -0.141. The average molecular weight is 488 g/mol. The zero-order valence-electron chi connectivity index (χ0n) is 20.1. The molecule has 0 bridgehead atoms. The van der Waals surface area contributed by atoms with Crippen molar-refractivity contribution in [1.82, 2.24) is 14.7 Å². The Bertz CT molecular complexity index is 1440. The van der Waals surface area contributed by atoms with Gasteiger partial charge < -0.3 is 19.1 Å². The van der Waals surface area contributed by atoms with E-state index in [2.05, 4.69) is 5.10 Å². The number of ether oxygens (including phenoxy) is 3. The van der Waals surface area contributed by atoms with Crippen molar-refractivity contribution < 1.29 is 23.8 Å². The van der Waals surface area contributed by atoms with Crippen molar-refractivity contribution in [2.45, 2.75) is 6.54 Å². The topological polar surface area (TPSA) is 100.0 Å². The van der Waals surface area contributed by atoms with Crippen LogP contribution in [0.25, 0.3) is 16.5 Å². The highest BCUT2D eigenvalue weighted by Crippen LogP contribution is 2.25. The van der Waals surface area contributed by atoms with Gasteiger partial charge in [-0.05, 0) is 35.9 Å². The van der Waals surface area contributed by atoms with Gasteiger partial charge in [-0.15, -0.1) is 0 Å². The highest BCUT2D eigenvalue weighted by Gasteiger charge is 2.25. The monoisotopic (exact) mass is 487 g/mol. The number of benzene rings is 3. The Hall–Kier alpha value is -4.66. The number of methoxy groups -OCH3 is 3. The van der Waals surface area contributed by atoms with Gasteiger partial charge in [0.25, 0.3) is 11.5 Å². The number of nitrogens with zero attached hydrogens (tertiary/aromatic N) is 3. The van der Waals surface area contributed by atoms with Gasteiger partial charge in [-0.25, -0.2) is 0 Å². The third-order valence-corrected chi connectivity index (χ3v) is 5.63. The molecule has 0 radical (unpaired) electrons. The lowest BCUT2D eigenvalue weighted by Gasteiger charge is -2.23. The van der Waals surface area contributed by atoms with E-state index < -0.39 is 11.9 Å². The van der Waals surface area contributed by atoms with Crippen molar-refractivity contribution in [1.29, 1.82) is 0 Å². The van der Waals surface area contributed by atoms with Crippen molar-refractivity contribution in [2.24, 2.45) is 0 Å². The summed E-state index contributed by atoms with van der Waals surface area (Å²) in [5.74, 6) is -0.0611. The Balaban J connectivity index is 1.84. The lowest BCUT2D eigenvalue weighted by atomic mass is 10.1. The second kappa shape index (κ2) is 10.7. The molecule has 9 nitrogen and oxygen atoms in total. The Morgan fingerprint density at radius 3 is 2.08 bits per heavy atom. The fraction of sp³-hybridized carbons (Fsp3) is 0.185. The van der Waals surface area contributed by atoms with Gasteiger partial charge in [0.15, 0.2) is 5.69 Å². The second-order valence-corrected chi connectivity index (χ2v) is 7.90. The van der Waals surface area contributed by atoms with Crippen LogP contribution in [0, 0.1) is 0 Å². The van der Waals surface area contributed by atoms with Crippen molar-refractivity contribution in [3.63, 3.8) is 0 Å².